The van der Waals surface area contributed by atoms with Crippen LogP contribution in [0.25, 0.3) is 10.2 Å². The molecule has 7 heteroatoms. The molecule has 0 radical (unpaired) electrons. The van der Waals surface area contributed by atoms with E-state index in [1.54, 1.807) is 11.3 Å². The van der Waals surface area contributed by atoms with Gasteiger partial charge in [-0.05, 0) is 36.0 Å². The van der Waals surface area contributed by atoms with Crippen molar-refractivity contribution in [1.29, 1.82) is 0 Å². The number of likely N-dealkylation sites (tertiary alicyclic amines) is 1. The third-order valence-electron chi connectivity index (χ3n) is 3.78. The zero-order valence-corrected chi connectivity index (χ0v) is 13.6. The number of fused-ring (bicyclic) bond motifs is 1. The normalized spacial score (nSPS) is 20.3. The highest BCUT2D eigenvalue weighted by atomic mass is 32.2. The molecule has 0 amide bonds. The van der Waals surface area contributed by atoms with Crippen molar-refractivity contribution < 1.29 is 8.42 Å². The average molecular weight is 325 g/mol. The molecule has 2 aromatic heterocycles. The van der Waals surface area contributed by atoms with Crippen LogP contribution in [0.2, 0.25) is 0 Å². The number of thiophene rings is 1. The first-order valence-electron chi connectivity index (χ1n) is 7.11. The van der Waals surface area contributed by atoms with Crippen LogP contribution in [0, 0.1) is 0 Å². The Bertz CT molecular complexity index is 727. The van der Waals surface area contributed by atoms with Gasteiger partial charge in [0.15, 0.2) is 0 Å². The predicted octanol–water partition coefficient (Wildman–Crippen LogP) is 1.81. The van der Waals surface area contributed by atoms with Crippen molar-refractivity contribution in [2.45, 2.75) is 25.1 Å². The van der Waals surface area contributed by atoms with Crippen molar-refractivity contribution in [3.8, 4) is 0 Å². The van der Waals surface area contributed by atoms with Crippen molar-refractivity contribution in [3.05, 3.63) is 29.3 Å². The zero-order chi connectivity index (χ0) is 14.9. The van der Waals surface area contributed by atoms with Crippen LogP contribution in [0.3, 0.4) is 0 Å². The Morgan fingerprint density at radius 2 is 2.38 bits per heavy atom. The summed E-state index contributed by atoms with van der Waals surface area (Å²) in [6.45, 7) is 4.44. The fourth-order valence-corrected chi connectivity index (χ4v) is 5.01. The van der Waals surface area contributed by atoms with E-state index >= 15 is 0 Å². The minimum Gasteiger partial charge on any atom is -0.298 e. The summed E-state index contributed by atoms with van der Waals surface area (Å²) < 4.78 is 27.8. The lowest BCUT2D eigenvalue weighted by Gasteiger charge is -2.16. The van der Waals surface area contributed by atoms with Gasteiger partial charge in [0.2, 0.25) is 10.0 Å². The fourth-order valence-electron chi connectivity index (χ4n) is 2.74. The third-order valence-corrected chi connectivity index (χ3v) is 6.59. The van der Waals surface area contributed by atoms with E-state index in [0.29, 0.717) is 19.5 Å². The van der Waals surface area contributed by atoms with Crippen molar-refractivity contribution >= 4 is 31.6 Å². The highest BCUT2D eigenvalue weighted by molar-refractivity contribution is 7.90. The number of aromatic nitrogens is 1. The first kappa shape index (κ1) is 14.9. The van der Waals surface area contributed by atoms with Crippen molar-refractivity contribution in [2.24, 2.45) is 0 Å². The Kier molecular flexibility index (Phi) is 4.26. The maximum Gasteiger partial charge on any atom is 0.215 e. The van der Waals surface area contributed by atoms with Crippen LogP contribution in [0.4, 0.5) is 0 Å². The first-order chi connectivity index (χ1) is 10.1. The number of nitrogens with one attached hydrogen (secondary N) is 1. The first-order valence-corrected chi connectivity index (χ1v) is 9.54. The van der Waals surface area contributed by atoms with Crippen LogP contribution in [0.5, 0.6) is 0 Å². The van der Waals surface area contributed by atoms with Gasteiger partial charge >= 0.3 is 0 Å². The minimum atomic E-state index is -3.17. The standard InChI is InChI=1S/C14H19N3O2S2/c1-2-16-21(18,19)12-3-5-17(10-12)9-11-7-14-13(15-8-11)4-6-20-14/h4,6-8,12,16H,2-3,5,9-10H2,1H3/t12-/m1/s1. The maximum absolute atomic E-state index is 12.0. The van der Waals surface area contributed by atoms with Crippen molar-refractivity contribution in [1.82, 2.24) is 14.6 Å². The molecule has 5 nitrogen and oxygen atoms in total. The summed E-state index contributed by atoms with van der Waals surface area (Å²) in [7, 11) is -3.17. The van der Waals surface area contributed by atoms with Gasteiger partial charge in [-0.15, -0.1) is 11.3 Å². The molecule has 0 aromatic carbocycles. The SMILES string of the molecule is CCNS(=O)(=O)[C@@H]1CCN(Cc2cnc3ccsc3c2)C1. The lowest BCUT2D eigenvalue weighted by molar-refractivity contribution is 0.331. The van der Waals surface area contributed by atoms with Gasteiger partial charge in [-0.25, -0.2) is 13.1 Å². The van der Waals surface area contributed by atoms with Gasteiger partial charge < -0.3 is 0 Å². The molecule has 21 heavy (non-hydrogen) atoms. The van der Waals surface area contributed by atoms with E-state index in [0.717, 1.165) is 24.2 Å². The number of pyridine rings is 1. The van der Waals surface area contributed by atoms with E-state index in [1.807, 2.05) is 24.6 Å². The van der Waals surface area contributed by atoms with Crippen LogP contribution < -0.4 is 4.72 Å². The molecule has 3 heterocycles. The molecule has 1 N–H and O–H groups in total. The number of hydrogen-bond donors (Lipinski definition) is 1. The van der Waals surface area contributed by atoms with E-state index in [-0.39, 0.29) is 5.25 Å². The summed E-state index contributed by atoms with van der Waals surface area (Å²) in [5.74, 6) is 0. The van der Waals surface area contributed by atoms with Crippen LogP contribution in [-0.2, 0) is 16.6 Å². The van der Waals surface area contributed by atoms with Crippen LogP contribution in [0.1, 0.15) is 18.9 Å². The summed E-state index contributed by atoms with van der Waals surface area (Å²) in [5.41, 5.74) is 2.17. The second kappa shape index (κ2) is 6.00. The van der Waals surface area contributed by atoms with Gasteiger partial charge in [-0.1, -0.05) is 6.92 Å². The van der Waals surface area contributed by atoms with Gasteiger partial charge in [0.1, 0.15) is 0 Å². The Morgan fingerprint density at radius 1 is 1.52 bits per heavy atom. The number of hydrogen-bond acceptors (Lipinski definition) is 5. The highest BCUT2D eigenvalue weighted by Gasteiger charge is 2.32. The highest BCUT2D eigenvalue weighted by Crippen LogP contribution is 2.22. The summed E-state index contributed by atoms with van der Waals surface area (Å²) in [6.07, 6.45) is 2.59. The van der Waals surface area contributed by atoms with E-state index in [2.05, 4.69) is 20.7 Å². The predicted molar refractivity (Wildman–Crippen MR) is 85.9 cm³/mol. The van der Waals surface area contributed by atoms with Gasteiger partial charge in [-0.3, -0.25) is 9.88 Å². The second-order valence-corrected chi connectivity index (χ2v) is 8.33. The number of rotatable bonds is 5. The summed E-state index contributed by atoms with van der Waals surface area (Å²) in [5, 5.41) is 1.74. The van der Waals surface area contributed by atoms with Crippen LogP contribution >= 0.6 is 11.3 Å². The monoisotopic (exact) mass is 325 g/mol. The molecule has 1 atom stereocenters. The molecule has 0 saturated carbocycles. The summed E-state index contributed by atoms with van der Waals surface area (Å²) >= 11 is 1.68. The van der Waals surface area contributed by atoms with E-state index < -0.39 is 10.0 Å². The molecular formula is C14H19N3O2S2. The Morgan fingerprint density at radius 3 is 3.19 bits per heavy atom. The quantitative estimate of drug-likeness (QED) is 0.911. The van der Waals surface area contributed by atoms with Crippen LogP contribution in [0.15, 0.2) is 23.7 Å². The molecule has 0 spiro atoms. The Balaban J connectivity index is 1.66. The van der Waals surface area contributed by atoms with Crippen LogP contribution in [-0.4, -0.2) is 43.2 Å². The van der Waals surface area contributed by atoms with Gasteiger partial charge in [-0.2, -0.15) is 0 Å². The largest absolute Gasteiger partial charge is 0.298 e. The third kappa shape index (κ3) is 3.26. The topological polar surface area (TPSA) is 62.3 Å². The lowest BCUT2D eigenvalue weighted by atomic mass is 10.2. The molecule has 2 aromatic rings. The Labute approximate surface area is 129 Å². The van der Waals surface area contributed by atoms with Crippen molar-refractivity contribution in [2.75, 3.05) is 19.6 Å². The fraction of sp³-hybridized carbons (Fsp3) is 0.500. The average Bonchev–Trinajstić information content (AvgIpc) is 3.07. The van der Waals surface area contributed by atoms with Gasteiger partial charge in [0, 0.05) is 25.8 Å². The molecule has 0 aliphatic carbocycles. The molecule has 1 aliphatic heterocycles. The molecule has 3 rings (SSSR count). The molecule has 0 bridgehead atoms. The second-order valence-electron chi connectivity index (χ2n) is 5.34. The summed E-state index contributed by atoms with van der Waals surface area (Å²) in [4.78, 5) is 6.62. The maximum atomic E-state index is 12.0. The smallest absolute Gasteiger partial charge is 0.215 e. The van der Waals surface area contributed by atoms with Gasteiger partial charge in [0.05, 0.1) is 15.5 Å². The number of sulfonamides is 1. The van der Waals surface area contributed by atoms with Gasteiger partial charge in [0.25, 0.3) is 0 Å². The molecule has 1 aliphatic rings. The van der Waals surface area contributed by atoms with E-state index in [1.165, 1.54) is 4.70 Å². The Hall–Kier alpha value is -1.02. The van der Waals surface area contributed by atoms with E-state index in [9.17, 15) is 8.42 Å². The molecule has 0 unspecified atom stereocenters. The molecular weight excluding hydrogens is 306 g/mol. The molecule has 1 fully saturated rings. The molecule has 114 valence electrons. The van der Waals surface area contributed by atoms with E-state index in [4.69, 9.17) is 0 Å². The minimum absolute atomic E-state index is 0.295. The molecule has 1 saturated heterocycles. The summed E-state index contributed by atoms with van der Waals surface area (Å²) in [6, 6.07) is 4.16. The zero-order valence-electron chi connectivity index (χ0n) is 11.9. The van der Waals surface area contributed by atoms with Crippen molar-refractivity contribution in [3.63, 3.8) is 0 Å². The number of nitrogens with zero attached hydrogens (tertiary/aromatic N) is 2. The lowest BCUT2D eigenvalue weighted by Crippen LogP contribution is -2.36.